The lowest BCUT2D eigenvalue weighted by atomic mass is 9.82. The van der Waals surface area contributed by atoms with Crippen molar-refractivity contribution in [2.75, 3.05) is 13.1 Å². The van der Waals surface area contributed by atoms with Crippen molar-refractivity contribution >= 4 is 11.6 Å². The number of allylic oxidation sites excluding steroid dienone is 3. The predicted molar refractivity (Wildman–Crippen MR) is 55.2 cm³/mol. The minimum Gasteiger partial charge on any atom is -0.365 e. The van der Waals surface area contributed by atoms with Crippen molar-refractivity contribution in [3.63, 3.8) is 0 Å². The van der Waals surface area contributed by atoms with E-state index in [2.05, 4.69) is 0 Å². The van der Waals surface area contributed by atoms with E-state index in [4.69, 9.17) is 0 Å². The summed E-state index contributed by atoms with van der Waals surface area (Å²) in [5.41, 5.74) is 2.23. The van der Waals surface area contributed by atoms with E-state index in [1.807, 2.05) is 4.90 Å². The summed E-state index contributed by atoms with van der Waals surface area (Å²) in [5, 5.41) is 0. The van der Waals surface area contributed by atoms with Crippen molar-refractivity contribution < 1.29 is 9.59 Å². The quantitative estimate of drug-likeness (QED) is 0.475. The standard InChI is InChI=1S/C12H13NO2/c14-11-7-10(13-5-6-13)12(15)9-4-2-1-3-8(9)11/h7H,1-6H2. The van der Waals surface area contributed by atoms with E-state index in [0.717, 1.165) is 49.9 Å². The topological polar surface area (TPSA) is 37.1 Å². The van der Waals surface area contributed by atoms with Crippen molar-refractivity contribution in [1.29, 1.82) is 0 Å². The number of Topliss-reactive ketones (excluding diaryl/α,β-unsaturated/α-hetero) is 1. The van der Waals surface area contributed by atoms with E-state index in [1.165, 1.54) is 0 Å². The Morgan fingerprint density at radius 2 is 1.67 bits per heavy atom. The third-order valence-electron chi connectivity index (χ3n) is 3.33. The van der Waals surface area contributed by atoms with Gasteiger partial charge in [0.15, 0.2) is 5.78 Å². The fourth-order valence-electron chi connectivity index (χ4n) is 2.39. The molecule has 15 heavy (non-hydrogen) atoms. The first-order chi connectivity index (χ1) is 7.27. The zero-order valence-corrected chi connectivity index (χ0v) is 8.58. The molecule has 3 nitrogen and oxygen atoms in total. The first-order valence-corrected chi connectivity index (χ1v) is 5.55. The second-order valence-corrected chi connectivity index (χ2v) is 4.37. The lowest BCUT2D eigenvalue weighted by Crippen LogP contribution is -2.25. The van der Waals surface area contributed by atoms with Crippen LogP contribution in [0.25, 0.3) is 0 Å². The maximum Gasteiger partial charge on any atom is 0.205 e. The van der Waals surface area contributed by atoms with E-state index < -0.39 is 0 Å². The summed E-state index contributed by atoms with van der Waals surface area (Å²) < 4.78 is 0. The van der Waals surface area contributed by atoms with Gasteiger partial charge in [-0.25, -0.2) is 0 Å². The fraction of sp³-hybridized carbons (Fsp3) is 0.500. The normalized spacial score (nSPS) is 25.3. The van der Waals surface area contributed by atoms with Gasteiger partial charge in [-0.1, -0.05) is 0 Å². The van der Waals surface area contributed by atoms with Crippen molar-refractivity contribution in [2.24, 2.45) is 0 Å². The summed E-state index contributed by atoms with van der Waals surface area (Å²) in [6.45, 7) is 1.85. The molecule has 0 unspecified atom stereocenters. The molecular weight excluding hydrogens is 190 g/mol. The molecule has 1 heterocycles. The van der Waals surface area contributed by atoms with Gasteiger partial charge in [0, 0.05) is 30.3 Å². The summed E-state index contributed by atoms with van der Waals surface area (Å²) in [7, 11) is 0. The second kappa shape index (κ2) is 3.05. The highest BCUT2D eigenvalue weighted by atomic mass is 16.1. The largest absolute Gasteiger partial charge is 0.365 e. The zero-order valence-electron chi connectivity index (χ0n) is 8.58. The van der Waals surface area contributed by atoms with E-state index in [-0.39, 0.29) is 11.6 Å². The third kappa shape index (κ3) is 1.34. The van der Waals surface area contributed by atoms with Crippen LogP contribution < -0.4 is 0 Å². The Bertz CT molecular complexity index is 413. The summed E-state index contributed by atoms with van der Waals surface area (Å²) in [4.78, 5) is 25.8. The molecule has 2 aliphatic carbocycles. The highest BCUT2D eigenvalue weighted by Crippen LogP contribution is 2.33. The molecule has 0 N–H and O–H groups in total. The molecule has 3 heteroatoms. The molecule has 0 aromatic rings. The Labute approximate surface area is 88.4 Å². The average Bonchev–Trinajstić information content (AvgIpc) is 3.07. The number of ketones is 2. The van der Waals surface area contributed by atoms with Crippen LogP contribution in [0.5, 0.6) is 0 Å². The van der Waals surface area contributed by atoms with E-state index in [0.29, 0.717) is 5.70 Å². The van der Waals surface area contributed by atoms with Crippen LogP contribution in [0, 0.1) is 0 Å². The number of hydrogen-bond acceptors (Lipinski definition) is 3. The maximum atomic E-state index is 12.1. The Morgan fingerprint density at radius 1 is 1.00 bits per heavy atom. The molecule has 0 spiro atoms. The Kier molecular flexibility index (Phi) is 1.81. The van der Waals surface area contributed by atoms with Gasteiger partial charge in [-0.05, 0) is 25.7 Å². The number of hydrogen-bond donors (Lipinski definition) is 0. The van der Waals surface area contributed by atoms with Crippen LogP contribution in [0.15, 0.2) is 22.9 Å². The number of carbonyl (C=O) groups excluding carboxylic acids is 2. The fourth-order valence-corrected chi connectivity index (χ4v) is 2.39. The Hall–Kier alpha value is -1.38. The molecule has 0 aromatic carbocycles. The number of carbonyl (C=O) groups is 2. The minimum atomic E-state index is 0.0752. The second-order valence-electron chi connectivity index (χ2n) is 4.37. The molecule has 1 saturated heterocycles. The van der Waals surface area contributed by atoms with Crippen molar-refractivity contribution in [3.8, 4) is 0 Å². The maximum absolute atomic E-state index is 12.1. The summed E-state index contributed by atoms with van der Waals surface area (Å²) in [6.07, 6.45) is 5.23. The third-order valence-corrected chi connectivity index (χ3v) is 3.33. The number of rotatable bonds is 1. The van der Waals surface area contributed by atoms with Gasteiger partial charge in [-0.3, -0.25) is 9.59 Å². The van der Waals surface area contributed by atoms with E-state index in [9.17, 15) is 9.59 Å². The molecule has 0 bridgehead atoms. The zero-order chi connectivity index (χ0) is 10.4. The molecule has 0 radical (unpaired) electrons. The minimum absolute atomic E-state index is 0.0752. The van der Waals surface area contributed by atoms with Crippen LogP contribution in [-0.2, 0) is 9.59 Å². The molecule has 3 aliphatic rings. The van der Waals surface area contributed by atoms with Crippen LogP contribution in [0.2, 0.25) is 0 Å². The van der Waals surface area contributed by atoms with Crippen molar-refractivity contribution in [1.82, 2.24) is 4.90 Å². The molecule has 78 valence electrons. The van der Waals surface area contributed by atoms with Gasteiger partial charge in [0.1, 0.15) is 0 Å². The average molecular weight is 203 g/mol. The molecule has 0 saturated carbocycles. The predicted octanol–water partition coefficient (Wildman–Crippen LogP) is 1.21. The van der Waals surface area contributed by atoms with Gasteiger partial charge in [0.05, 0.1) is 5.70 Å². The molecule has 0 atom stereocenters. The van der Waals surface area contributed by atoms with Gasteiger partial charge in [0.25, 0.3) is 0 Å². The highest BCUT2D eigenvalue weighted by molar-refractivity contribution is 6.22. The highest BCUT2D eigenvalue weighted by Gasteiger charge is 2.35. The van der Waals surface area contributed by atoms with Gasteiger partial charge >= 0.3 is 0 Å². The van der Waals surface area contributed by atoms with Crippen molar-refractivity contribution in [3.05, 3.63) is 22.9 Å². The molecular formula is C12H13NO2. The van der Waals surface area contributed by atoms with Gasteiger partial charge in [0.2, 0.25) is 5.78 Å². The van der Waals surface area contributed by atoms with Gasteiger partial charge in [-0.15, -0.1) is 0 Å². The van der Waals surface area contributed by atoms with Crippen LogP contribution in [0.1, 0.15) is 25.7 Å². The molecule has 0 amide bonds. The molecule has 1 fully saturated rings. The van der Waals surface area contributed by atoms with Crippen LogP contribution >= 0.6 is 0 Å². The SMILES string of the molecule is O=C1C=C(N2CC2)C(=O)C2=C1CCCC2. The molecule has 3 rings (SSSR count). The smallest absolute Gasteiger partial charge is 0.205 e. The van der Waals surface area contributed by atoms with Gasteiger partial charge in [-0.2, -0.15) is 0 Å². The van der Waals surface area contributed by atoms with Gasteiger partial charge < -0.3 is 4.90 Å². The monoisotopic (exact) mass is 203 g/mol. The van der Waals surface area contributed by atoms with E-state index >= 15 is 0 Å². The Balaban J connectivity index is 2.00. The first-order valence-electron chi connectivity index (χ1n) is 5.55. The summed E-state index contributed by atoms with van der Waals surface area (Å²) >= 11 is 0. The van der Waals surface area contributed by atoms with Crippen LogP contribution in [-0.4, -0.2) is 29.6 Å². The molecule has 1 aliphatic heterocycles. The number of nitrogens with zero attached hydrogens (tertiary/aromatic N) is 1. The lowest BCUT2D eigenvalue weighted by molar-refractivity contribution is -0.117. The summed E-state index contributed by atoms with van der Waals surface area (Å²) in [5.74, 6) is 0.188. The first kappa shape index (κ1) is 8.89. The lowest BCUT2D eigenvalue weighted by Gasteiger charge is -2.23. The van der Waals surface area contributed by atoms with Crippen LogP contribution in [0.3, 0.4) is 0 Å². The summed E-state index contributed by atoms with van der Waals surface area (Å²) in [6, 6.07) is 0. The van der Waals surface area contributed by atoms with E-state index in [1.54, 1.807) is 6.08 Å². The van der Waals surface area contributed by atoms with Crippen LogP contribution in [0.4, 0.5) is 0 Å². The van der Waals surface area contributed by atoms with Crippen molar-refractivity contribution in [2.45, 2.75) is 25.7 Å². The Morgan fingerprint density at radius 3 is 2.33 bits per heavy atom. The molecule has 0 aromatic heterocycles.